The normalized spacial score (nSPS) is 13.5. The minimum atomic E-state index is -0.153. The van der Waals surface area contributed by atoms with Crippen LogP contribution >= 0.6 is 0 Å². The van der Waals surface area contributed by atoms with Crippen LogP contribution < -0.4 is 14.8 Å². The van der Waals surface area contributed by atoms with Crippen LogP contribution in [0.4, 0.5) is 5.69 Å². The van der Waals surface area contributed by atoms with Gasteiger partial charge in [0.05, 0.1) is 25.6 Å². The van der Waals surface area contributed by atoms with Crippen LogP contribution in [0.1, 0.15) is 11.1 Å². The maximum absolute atomic E-state index is 11.9. The quantitative estimate of drug-likeness (QED) is 0.946. The number of carbonyl (C=O) groups is 1. The Bertz CT molecular complexity index is 739. The Hall–Kier alpha value is -2.82. The first-order valence-electron chi connectivity index (χ1n) is 6.89. The third-order valence-corrected chi connectivity index (χ3v) is 3.48. The highest BCUT2D eigenvalue weighted by Crippen LogP contribution is 2.35. The molecule has 3 rings (SSSR count). The van der Waals surface area contributed by atoms with Gasteiger partial charge >= 0.3 is 0 Å². The van der Waals surface area contributed by atoms with Gasteiger partial charge < -0.3 is 14.8 Å². The van der Waals surface area contributed by atoms with Gasteiger partial charge in [0.25, 0.3) is 0 Å². The first kappa shape index (κ1) is 14.1. The number of nitrogens with zero attached hydrogens (tertiary/aromatic N) is 1. The lowest BCUT2D eigenvalue weighted by molar-refractivity contribution is -0.114. The predicted octanol–water partition coefficient (Wildman–Crippen LogP) is 2.49. The lowest BCUT2D eigenvalue weighted by atomic mass is 10.00. The average molecular weight is 296 g/mol. The van der Waals surface area contributed by atoms with Crippen LogP contribution in [-0.4, -0.2) is 32.4 Å². The van der Waals surface area contributed by atoms with Gasteiger partial charge in [-0.05, 0) is 6.07 Å². The highest BCUT2D eigenvalue weighted by Gasteiger charge is 2.21. The van der Waals surface area contributed by atoms with Gasteiger partial charge in [0.1, 0.15) is 6.54 Å². The molecule has 0 saturated carbocycles. The number of methoxy groups -OCH3 is 2. The van der Waals surface area contributed by atoms with E-state index in [0.29, 0.717) is 17.2 Å². The van der Waals surface area contributed by atoms with Crippen LogP contribution in [0, 0.1) is 0 Å². The molecule has 1 heterocycles. The summed E-state index contributed by atoms with van der Waals surface area (Å²) in [7, 11) is 3.15. The van der Waals surface area contributed by atoms with E-state index in [1.54, 1.807) is 20.3 Å². The number of benzene rings is 2. The molecule has 5 heteroatoms. The van der Waals surface area contributed by atoms with Crippen LogP contribution in [0.15, 0.2) is 47.5 Å². The van der Waals surface area contributed by atoms with E-state index in [-0.39, 0.29) is 12.5 Å². The third kappa shape index (κ3) is 2.53. The molecule has 0 saturated heterocycles. The molecule has 1 aliphatic heterocycles. The second-order valence-electron chi connectivity index (χ2n) is 4.83. The summed E-state index contributed by atoms with van der Waals surface area (Å²) < 4.78 is 10.7. The zero-order valence-electron chi connectivity index (χ0n) is 12.4. The molecule has 0 aromatic heterocycles. The van der Waals surface area contributed by atoms with Crippen LogP contribution in [0.25, 0.3) is 0 Å². The third-order valence-electron chi connectivity index (χ3n) is 3.48. The highest BCUT2D eigenvalue weighted by molar-refractivity contribution is 6.19. The fourth-order valence-electron chi connectivity index (χ4n) is 2.45. The molecule has 0 fully saturated rings. The van der Waals surface area contributed by atoms with Crippen molar-refractivity contribution in [1.29, 1.82) is 0 Å². The Morgan fingerprint density at radius 2 is 1.73 bits per heavy atom. The van der Waals surface area contributed by atoms with Crippen molar-refractivity contribution in [3.05, 3.63) is 53.6 Å². The summed E-state index contributed by atoms with van der Waals surface area (Å²) in [5.74, 6) is 1.01. The number of rotatable bonds is 3. The van der Waals surface area contributed by atoms with E-state index in [9.17, 15) is 4.79 Å². The smallest absolute Gasteiger partial charge is 0.246 e. The summed E-state index contributed by atoms with van der Waals surface area (Å²) in [4.78, 5) is 16.3. The maximum Gasteiger partial charge on any atom is 0.246 e. The molecule has 0 atom stereocenters. The number of carbonyl (C=O) groups excluding carboxylic acids is 1. The number of hydrogen-bond donors (Lipinski definition) is 1. The Balaban J connectivity index is 2.20. The standard InChI is InChI=1S/C17H16N2O3/c1-21-14-8-12-13(9-15(14)22-2)19-16(20)10-18-17(12)11-6-4-3-5-7-11/h3-9H,10H2,1-2H3,(H,19,20). The summed E-state index contributed by atoms with van der Waals surface area (Å²) >= 11 is 0. The molecule has 0 bridgehead atoms. The molecule has 1 amide bonds. The number of ether oxygens (including phenoxy) is 2. The van der Waals surface area contributed by atoms with Gasteiger partial charge in [-0.1, -0.05) is 30.3 Å². The van der Waals surface area contributed by atoms with E-state index in [0.717, 1.165) is 16.8 Å². The van der Waals surface area contributed by atoms with Crippen molar-refractivity contribution >= 4 is 17.3 Å². The molecule has 2 aromatic rings. The second kappa shape index (κ2) is 5.89. The molecular formula is C17H16N2O3. The fraction of sp³-hybridized carbons (Fsp3) is 0.176. The molecule has 22 heavy (non-hydrogen) atoms. The first-order valence-corrected chi connectivity index (χ1v) is 6.89. The first-order chi connectivity index (χ1) is 10.7. The van der Waals surface area contributed by atoms with E-state index in [1.807, 2.05) is 36.4 Å². The van der Waals surface area contributed by atoms with Gasteiger partial charge in [-0.25, -0.2) is 0 Å². The minimum absolute atomic E-state index is 0.0868. The molecule has 112 valence electrons. The van der Waals surface area contributed by atoms with E-state index >= 15 is 0 Å². The Labute approximate surface area is 128 Å². The van der Waals surface area contributed by atoms with Crippen LogP contribution in [0.3, 0.4) is 0 Å². The van der Waals surface area contributed by atoms with Crippen molar-refractivity contribution in [3.63, 3.8) is 0 Å². The van der Waals surface area contributed by atoms with Gasteiger partial charge in [0, 0.05) is 17.2 Å². The minimum Gasteiger partial charge on any atom is -0.493 e. The number of amides is 1. The average Bonchev–Trinajstić information content (AvgIpc) is 2.72. The van der Waals surface area contributed by atoms with Gasteiger partial charge in [-0.15, -0.1) is 0 Å². The number of fused-ring (bicyclic) bond motifs is 1. The molecule has 0 spiro atoms. The van der Waals surface area contributed by atoms with E-state index in [1.165, 1.54) is 0 Å². The van der Waals surface area contributed by atoms with Crippen molar-refractivity contribution in [1.82, 2.24) is 0 Å². The van der Waals surface area contributed by atoms with Gasteiger partial charge in [-0.2, -0.15) is 0 Å². The molecule has 0 unspecified atom stereocenters. The number of anilines is 1. The van der Waals surface area contributed by atoms with E-state index in [2.05, 4.69) is 10.3 Å². The highest BCUT2D eigenvalue weighted by atomic mass is 16.5. The number of aliphatic imine (C=N–C) groups is 1. The summed E-state index contributed by atoms with van der Waals surface area (Å²) in [5.41, 5.74) is 3.19. The van der Waals surface area contributed by atoms with E-state index < -0.39 is 0 Å². The molecular weight excluding hydrogens is 280 g/mol. The summed E-state index contributed by atoms with van der Waals surface area (Å²) in [6.45, 7) is 0.0868. The van der Waals surface area contributed by atoms with Gasteiger partial charge in [-0.3, -0.25) is 9.79 Å². The number of hydrogen-bond acceptors (Lipinski definition) is 4. The zero-order valence-corrected chi connectivity index (χ0v) is 12.4. The van der Waals surface area contributed by atoms with Crippen molar-refractivity contribution in [3.8, 4) is 11.5 Å². The summed E-state index contributed by atoms with van der Waals surface area (Å²) in [5, 5.41) is 2.86. The second-order valence-corrected chi connectivity index (χ2v) is 4.83. The SMILES string of the molecule is COc1cc2c(cc1OC)C(c1ccccc1)=NCC(=O)N2. The van der Waals surface area contributed by atoms with Crippen molar-refractivity contribution in [2.24, 2.45) is 4.99 Å². The van der Waals surface area contributed by atoms with Crippen LogP contribution in [0.5, 0.6) is 11.5 Å². The molecule has 2 aromatic carbocycles. The topological polar surface area (TPSA) is 59.9 Å². The summed E-state index contributed by atoms with van der Waals surface area (Å²) in [6.07, 6.45) is 0. The molecule has 0 radical (unpaired) electrons. The van der Waals surface area contributed by atoms with Crippen molar-refractivity contribution in [2.75, 3.05) is 26.1 Å². The summed E-state index contributed by atoms with van der Waals surface area (Å²) in [6, 6.07) is 13.4. The lowest BCUT2D eigenvalue weighted by Gasteiger charge is -2.15. The molecule has 1 N–H and O–H groups in total. The van der Waals surface area contributed by atoms with Gasteiger partial charge in [0.2, 0.25) is 5.91 Å². The van der Waals surface area contributed by atoms with E-state index in [4.69, 9.17) is 9.47 Å². The molecule has 0 aliphatic carbocycles. The Morgan fingerprint density at radius 1 is 1.05 bits per heavy atom. The largest absolute Gasteiger partial charge is 0.493 e. The monoisotopic (exact) mass is 296 g/mol. The Kier molecular flexibility index (Phi) is 3.78. The molecule has 5 nitrogen and oxygen atoms in total. The van der Waals surface area contributed by atoms with Crippen LogP contribution in [-0.2, 0) is 4.79 Å². The molecule has 1 aliphatic rings. The van der Waals surface area contributed by atoms with Crippen molar-refractivity contribution < 1.29 is 14.3 Å². The number of nitrogens with one attached hydrogen (secondary N) is 1. The van der Waals surface area contributed by atoms with Crippen LogP contribution in [0.2, 0.25) is 0 Å². The fourth-order valence-corrected chi connectivity index (χ4v) is 2.45. The predicted molar refractivity (Wildman–Crippen MR) is 85.1 cm³/mol. The lowest BCUT2D eigenvalue weighted by Crippen LogP contribution is -2.13. The number of benzodiazepines with no additional fused rings is 1. The van der Waals surface area contributed by atoms with Gasteiger partial charge in [0.15, 0.2) is 11.5 Å². The van der Waals surface area contributed by atoms with Crippen molar-refractivity contribution in [2.45, 2.75) is 0 Å². The zero-order chi connectivity index (χ0) is 15.5. The maximum atomic E-state index is 11.9. The Morgan fingerprint density at radius 3 is 2.41 bits per heavy atom.